The molecular weight excluding hydrogens is 298 g/mol. The van der Waals surface area contributed by atoms with Crippen LogP contribution in [0.3, 0.4) is 0 Å². The number of hydrogen-bond donors (Lipinski definition) is 0. The Kier molecular flexibility index (Phi) is 4.66. The van der Waals surface area contributed by atoms with E-state index in [-0.39, 0.29) is 0 Å². The van der Waals surface area contributed by atoms with E-state index in [1.807, 2.05) is 56.6 Å². The number of pyridine rings is 1. The molecule has 0 saturated heterocycles. The zero-order valence-electron chi connectivity index (χ0n) is 14.2. The molecule has 0 saturated carbocycles. The van der Waals surface area contributed by atoms with Gasteiger partial charge in [-0.25, -0.2) is 4.98 Å². The van der Waals surface area contributed by atoms with Crippen molar-refractivity contribution in [2.45, 2.75) is 0 Å². The van der Waals surface area contributed by atoms with Gasteiger partial charge in [-0.1, -0.05) is 12.1 Å². The van der Waals surface area contributed by atoms with Gasteiger partial charge in [0.15, 0.2) is 0 Å². The van der Waals surface area contributed by atoms with Gasteiger partial charge in [-0.3, -0.25) is 0 Å². The van der Waals surface area contributed by atoms with Crippen LogP contribution in [0.1, 0.15) is 0 Å². The summed E-state index contributed by atoms with van der Waals surface area (Å²) >= 11 is 0. The smallest absolute Gasteiger partial charge is 0.219 e. The third kappa shape index (κ3) is 3.66. The Morgan fingerprint density at radius 2 is 1.50 bits per heavy atom. The number of hydrogen-bond acceptors (Lipinski definition) is 4. The van der Waals surface area contributed by atoms with E-state index >= 15 is 0 Å². The Bertz CT molecular complexity index is 785. The molecule has 0 atom stereocenters. The minimum atomic E-state index is 0.595. The van der Waals surface area contributed by atoms with E-state index in [9.17, 15) is 0 Å². The molecule has 0 aliphatic rings. The lowest BCUT2D eigenvalue weighted by Crippen LogP contribution is -2.12. The molecule has 0 unspecified atom stereocenters. The number of ether oxygens (including phenoxy) is 1. The fraction of sp³-hybridized carbons (Fsp3) is 0.150. The van der Waals surface area contributed by atoms with Crippen molar-refractivity contribution in [3.8, 4) is 11.6 Å². The monoisotopic (exact) mass is 319 g/mol. The van der Waals surface area contributed by atoms with Gasteiger partial charge in [0, 0.05) is 50.5 Å². The van der Waals surface area contributed by atoms with Crippen molar-refractivity contribution in [2.24, 2.45) is 0 Å². The minimum Gasteiger partial charge on any atom is -0.439 e. The SMILES string of the molecule is CN(C)c1cccc(N(C)c2ccc(Oc3ccccn3)cc2)c1. The molecule has 0 amide bonds. The van der Waals surface area contributed by atoms with Gasteiger partial charge in [-0.2, -0.15) is 0 Å². The molecule has 0 radical (unpaired) electrons. The van der Waals surface area contributed by atoms with E-state index in [1.54, 1.807) is 6.20 Å². The maximum Gasteiger partial charge on any atom is 0.219 e. The second kappa shape index (κ2) is 7.04. The van der Waals surface area contributed by atoms with E-state index in [1.165, 1.54) is 5.69 Å². The summed E-state index contributed by atoms with van der Waals surface area (Å²) in [5.41, 5.74) is 3.41. The van der Waals surface area contributed by atoms with Gasteiger partial charge in [-0.15, -0.1) is 0 Å². The minimum absolute atomic E-state index is 0.595. The van der Waals surface area contributed by atoms with Crippen LogP contribution in [0.5, 0.6) is 11.6 Å². The maximum atomic E-state index is 5.73. The van der Waals surface area contributed by atoms with Gasteiger partial charge in [0.25, 0.3) is 0 Å². The molecule has 0 N–H and O–H groups in total. The third-order valence-corrected chi connectivity index (χ3v) is 3.82. The average molecular weight is 319 g/mol. The number of nitrogens with zero attached hydrogens (tertiary/aromatic N) is 3. The maximum absolute atomic E-state index is 5.73. The van der Waals surface area contributed by atoms with Gasteiger partial charge in [0.1, 0.15) is 5.75 Å². The number of rotatable bonds is 5. The van der Waals surface area contributed by atoms with Crippen LogP contribution in [0.25, 0.3) is 0 Å². The molecule has 122 valence electrons. The summed E-state index contributed by atoms with van der Waals surface area (Å²) in [6.45, 7) is 0. The molecule has 3 aromatic rings. The van der Waals surface area contributed by atoms with E-state index < -0.39 is 0 Å². The van der Waals surface area contributed by atoms with Crippen molar-refractivity contribution >= 4 is 17.1 Å². The van der Waals surface area contributed by atoms with E-state index in [4.69, 9.17) is 4.74 Å². The van der Waals surface area contributed by atoms with E-state index in [0.717, 1.165) is 17.1 Å². The Morgan fingerprint density at radius 3 is 2.17 bits per heavy atom. The molecule has 0 aliphatic heterocycles. The van der Waals surface area contributed by atoms with E-state index in [2.05, 4.69) is 46.1 Å². The van der Waals surface area contributed by atoms with Crippen molar-refractivity contribution < 1.29 is 4.74 Å². The lowest BCUT2D eigenvalue weighted by Gasteiger charge is -2.22. The molecule has 4 nitrogen and oxygen atoms in total. The molecule has 4 heteroatoms. The van der Waals surface area contributed by atoms with Crippen molar-refractivity contribution in [3.05, 3.63) is 72.9 Å². The van der Waals surface area contributed by atoms with Crippen LogP contribution in [0, 0.1) is 0 Å². The quantitative estimate of drug-likeness (QED) is 0.681. The van der Waals surface area contributed by atoms with Crippen LogP contribution in [-0.4, -0.2) is 26.1 Å². The zero-order valence-corrected chi connectivity index (χ0v) is 14.2. The van der Waals surface area contributed by atoms with Crippen LogP contribution in [0.15, 0.2) is 72.9 Å². The fourth-order valence-electron chi connectivity index (χ4n) is 2.39. The Labute approximate surface area is 142 Å². The highest BCUT2D eigenvalue weighted by Gasteiger charge is 2.06. The van der Waals surface area contributed by atoms with Crippen LogP contribution < -0.4 is 14.5 Å². The average Bonchev–Trinajstić information content (AvgIpc) is 2.63. The molecular formula is C20H21N3O. The van der Waals surface area contributed by atoms with Crippen molar-refractivity contribution in [3.63, 3.8) is 0 Å². The highest BCUT2D eigenvalue weighted by molar-refractivity contribution is 5.67. The second-order valence-electron chi connectivity index (χ2n) is 5.74. The van der Waals surface area contributed by atoms with Gasteiger partial charge >= 0.3 is 0 Å². The van der Waals surface area contributed by atoms with E-state index in [0.29, 0.717) is 5.88 Å². The molecule has 1 heterocycles. The number of aromatic nitrogens is 1. The third-order valence-electron chi connectivity index (χ3n) is 3.82. The number of benzene rings is 2. The van der Waals surface area contributed by atoms with Crippen LogP contribution >= 0.6 is 0 Å². The Hall–Kier alpha value is -3.01. The molecule has 0 fully saturated rings. The first-order chi connectivity index (χ1) is 11.6. The first kappa shape index (κ1) is 15.9. The van der Waals surface area contributed by atoms with Crippen molar-refractivity contribution in [2.75, 3.05) is 30.9 Å². The van der Waals surface area contributed by atoms with Gasteiger partial charge in [0.2, 0.25) is 5.88 Å². The summed E-state index contributed by atoms with van der Waals surface area (Å²) in [7, 11) is 6.15. The molecule has 0 bridgehead atoms. The van der Waals surface area contributed by atoms with Crippen molar-refractivity contribution in [1.82, 2.24) is 4.98 Å². The summed E-state index contributed by atoms with van der Waals surface area (Å²) < 4.78 is 5.73. The molecule has 2 aromatic carbocycles. The predicted octanol–water partition coefficient (Wildman–Crippen LogP) is 4.71. The lowest BCUT2D eigenvalue weighted by molar-refractivity contribution is 0.463. The predicted molar refractivity (Wildman–Crippen MR) is 99.6 cm³/mol. The van der Waals surface area contributed by atoms with Gasteiger partial charge in [-0.05, 0) is 48.5 Å². The fourth-order valence-corrected chi connectivity index (χ4v) is 2.39. The van der Waals surface area contributed by atoms with Crippen molar-refractivity contribution in [1.29, 1.82) is 0 Å². The second-order valence-corrected chi connectivity index (χ2v) is 5.74. The molecule has 0 spiro atoms. The highest BCUT2D eigenvalue weighted by Crippen LogP contribution is 2.29. The molecule has 1 aromatic heterocycles. The van der Waals surface area contributed by atoms with Crippen LogP contribution in [-0.2, 0) is 0 Å². The molecule has 24 heavy (non-hydrogen) atoms. The standard InChI is InChI=1S/C20H21N3O/c1-22(2)17-7-6-8-18(15-17)23(3)16-10-12-19(13-11-16)24-20-9-4-5-14-21-20/h4-15H,1-3H3. The first-order valence-corrected chi connectivity index (χ1v) is 7.83. The summed E-state index contributed by atoms with van der Waals surface area (Å²) in [6.07, 6.45) is 1.72. The largest absolute Gasteiger partial charge is 0.439 e. The highest BCUT2D eigenvalue weighted by atomic mass is 16.5. The Balaban J connectivity index is 1.76. The Morgan fingerprint density at radius 1 is 0.750 bits per heavy atom. The topological polar surface area (TPSA) is 28.6 Å². The first-order valence-electron chi connectivity index (χ1n) is 7.83. The van der Waals surface area contributed by atoms with Gasteiger partial charge in [0.05, 0.1) is 0 Å². The summed E-state index contributed by atoms with van der Waals surface area (Å²) in [5.74, 6) is 1.37. The zero-order chi connectivity index (χ0) is 16.9. The summed E-state index contributed by atoms with van der Waals surface area (Å²) in [6, 6.07) is 22.0. The summed E-state index contributed by atoms with van der Waals surface area (Å²) in [4.78, 5) is 8.42. The summed E-state index contributed by atoms with van der Waals surface area (Å²) in [5, 5.41) is 0. The van der Waals surface area contributed by atoms with Crippen LogP contribution in [0.4, 0.5) is 17.1 Å². The van der Waals surface area contributed by atoms with Gasteiger partial charge < -0.3 is 14.5 Å². The normalized spacial score (nSPS) is 10.3. The molecule has 0 aliphatic carbocycles. The lowest BCUT2D eigenvalue weighted by atomic mass is 10.2. The number of anilines is 3. The van der Waals surface area contributed by atoms with Crippen LogP contribution in [0.2, 0.25) is 0 Å². The molecule has 3 rings (SSSR count).